The van der Waals surface area contributed by atoms with Gasteiger partial charge in [-0.15, -0.1) is 0 Å². The summed E-state index contributed by atoms with van der Waals surface area (Å²) in [4.78, 5) is 0. The smallest absolute Gasteiger partial charge is 0.119 e. The van der Waals surface area contributed by atoms with E-state index in [1.165, 1.54) is 0 Å². The second kappa shape index (κ2) is 5.41. The lowest BCUT2D eigenvalue weighted by Gasteiger charge is -2.30. The zero-order valence-electron chi connectivity index (χ0n) is 11.8. The first-order valence-electron chi connectivity index (χ1n) is 6.93. The first-order chi connectivity index (χ1) is 10.2. The molecular weight excluding hydrogens is 260 g/mol. The van der Waals surface area contributed by atoms with Crippen LogP contribution >= 0.6 is 0 Å². The highest BCUT2D eigenvalue weighted by Crippen LogP contribution is 2.39. The molecule has 1 aliphatic rings. The van der Waals surface area contributed by atoms with Gasteiger partial charge in [0.25, 0.3) is 0 Å². The molecule has 0 heterocycles. The fourth-order valence-corrected chi connectivity index (χ4v) is 3.05. The van der Waals surface area contributed by atoms with Crippen LogP contribution in [0.5, 0.6) is 5.75 Å². The Morgan fingerprint density at radius 1 is 1.19 bits per heavy atom. The summed E-state index contributed by atoms with van der Waals surface area (Å²) in [6, 6.07) is 18.2. The SMILES string of the molecule is COc1cccc(C2c3ccccc3CC(=N)C2C#N)c1. The number of benzene rings is 2. The average Bonchev–Trinajstić information content (AvgIpc) is 2.53. The summed E-state index contributed by atoms with van der Waals surface area (Å²) >= 11 is 0. The predicted octanol–water partition coefficient (Wildman–Crippen LogP) is 3.54. The van der Waals surface area contributed by atoms with Crippen LogP contribution in [-0.2, 0) is 6.42 Å². The molecule has 3 rings (SSSR count). The fourth-order valence-electron chi connectivity index (χ4n) is 3.05. The third-order valence-corrected chi connectivity index (χ3v) is 4.07. The van der Waals surface area contributed by atoms with Crippen LogP contribution < -0.4 is 4.74 Å². The molecule has 2 unspecified atom stereocenters. The lowest BCUT2D eigenvalue weighted by molar-refractivity contribution is 0.414. The topological polar surface area (TPSA) is 56.9 Å². The molecule has 1 N–H and O–H groups in total. The molecule has 0 radical (unpaired) electrons. The molecular formula is C18H16N2O. The van der Waals surface area contributed by atoms with Crippen molar-refractivity contribution in [2.45, 2.75) is 12.3 Å². The van der Waals surface area contributed by atoms with E-state index in [-0.39, 0.29) is 5.92 Å². The highest BCUT2D eigenvalue weighted by atomic mass is 16.5. The highest BCUT2D eigenvalue weighted by molar-refractivity contribution is 5.91. The van der Waals surface area contributed by atoms with E-state index < -0.39 is 5.92 Å². The molecule has 21 heavy (non-hydrogen) atoms. The summed E-state index contributed by atoms with van der Waals surface area (Å²) in [6.07, 6.45) is 0.564. The Hall–Kier alpha value is -2.60. The minimum atomic E-state index is -0.410. The standard InChI is InChI=1S/C18H16N2O/c1-21-14-7-4-6-13(9-14)18-15-8-3-2-5-12(15)10-17(20)16(18)11-19/h2-9,16,18,20H,10H2,1H3. The van der Waals surface area contributed by atoms with Gasteiger partial charge in [-0.2, -0.15) is 5.26 Å². The van der Waals surface area contributed by atoms with Gasteiger partial charge in [-0.3, -0.25) is 0 Å². The molecule has 2 aromatic carbocycles. The molecule has 104 valence electrons. The summed E-state index contributed by atoms with van der Waals surface area (Å²) in [5.41, 5.74) is 3.80. The quantitative estimate of drug-likeness (QED) is 0.912. The minimum Gasteiger partial charge on any atom is -0.497 e. The lowest BCUT2D eigenvalue weighted by atomic mass is 9.71. The monoisotopic (exact) mass is 276 g/mol. The van der Waals surface area contributed by atoms with Gasteiger partial charge in [-0.25, -0.2) is 0 Å². The van der Waals surface area contributed by atoms with Crippen molar-refractivity contribution < 1.29 is 4.74 Å². The summed E-state index contributed by atoms with van der Waals surface area (Å²) in [5, 5.41) is 17.7. The van der Waals surface area contributed by atoms with Crippen LogP contribution in [0.3, 0.4) is 0 Å². The molecule has 2 aromatic rings. The van der Waals surface area contributed by atoms with Crippen molar-refractivity contribution in [2.75, 3.05) is 7.11 Å². The highest BCUT2D eigenvalue weighted by Gasteiger charge is 2.34. The van der Waals surface area contributed by atoms with Gasteiger partial charge in [0.05, 0.1) is 19.1 Å². The van der Waals surface area contributed by atoms with E-state index in [4.69, 9.17) is 10.1 Å². The van der Waals surface area contributed by atoms with E-state index in [9.17, 15) is 5.26 Å². The van der Waals surface area contributed by atoms with E-state index in [1.54, 1.807) is 7.11 Å². The molecule has 0 amide bonds. The third kappa shape index (κ3) is 2.30. The molecule has 0 bridgehead atoms. The van der Waals surface area contributed by atoms with Crippen LogP contribution in [-0.4, -0.2) is 12.8 Å². The van der Waals surface area contributed by atoms with Crippen molar-refractivity contribution in [2.24, 2.45) is 5.92 Å². The Labute approximate surface area is 124 Å². The van der Waals surface area contributed by atoms with E-state index >= 15 is 0 Å². The predicted molar refractivity (Wildman–Crippen MR) is 81.8 cm³/mol. The average molecular weight is 276 g/mol. The van der Waals surface area contributed by atoms with E-state index in [2.05, 4.69) is 12.1 Å². The number of rotatable bonds is 2. The van der Waals surface area contributed by atoms with Gasteiger partial charge < -0.3 is 10.1 Å². The Morgan fingerprint density at radius 2 is 2.00 bits per heavy atom. The van der Waals surface area contributed by atoms with Crippen LogP contribution in [0.15, 0.2) is 48.5 Å². The van der Waals surface area contributed by atoms with Gasteiger partial charge in [0.15, 0.2) is 0 Å². The largest absolute Gasteiger partial charge is 0.497 e. The van der Waals surface area contributed by atoms with Crippen molar-refractivity contribution in [3.63, 3.8) is 0 Å². The molecule has 3 heteroatoms. The molecule has 0 saturated carbocycles. The van der Waals surface area contributed by atoms with E-state index in [0.29, 0.717) is 12.1 Å². The second-order valence-electron chi connectivity index (χ2n) is 5.26. The number of nitriles is 1. The van der Waals surface area contributed by atoms with Crippen molar-refractivity contribution in [1.29, 1.82) is 10.7 Å². The Bertz CT molecular complexity index is 730. The summed E-state index contributed by atoms with van der Waals surface area (Å²) in [6.45, 7) is 0. The van der Waals surface area contributed by atoms with Crippen molar-refractivity contribution in [3.8, 4) is 11.8 Å². The Morgan fingerprint density at radius 3 is 2.76 bits per heavy atom. The maximum atomic E-state index is 9.52. The molecule has 0 aliphatic heterocycles. The minimum absolute atomic E-state index is 0.0949. The molecule has 0 fully saturated rings. The number of ether oxygens (including phenoxy) is 1. The molecule has 0 aromatic heterocycles. The number of nitrogens with zero attached hydrogens (tertiary/aromatic N) is 1. The van der Waals surface area contributed by atoms with Crippen molar-refractivity contribution >= 4 is 5.71 Å². The normalized spacial score (nSPS) is 20.5. The summed E-state index contributed by atoms with van der Waals surface area (Å²) in [5.74, 6) is 0.272. The van der Waals surface area contributed by atoms with Crippen LogP contribution in [0.2, 0.25) is 0 Å². The lowest BCUT2D eigenvalue weighted by Crippen LogP contribution is -2.29. The van der Waals surface area contributed by atoms with Gasteiger partial charge in [0.1, 0.15) is 5.75 Å². The number of fused-ring (bicyclic) bond motifs is 1. The molecule has 2 atom stereocenters. The number of hydrogen-bond acceptors (Lipinski definition) is 3. The van der Waals surface area contributed by atoms with Crippen LogP contribution in [0, 0.1) is 22.7 Å². The van der Waals surface area contributed by atoms with Crippen LogP contribution in [0.1, 0.15) is 22.6 Å². The van der Waals surface area contributed by atoms with Crippen molar-refractivity contribution in [3.05, 3.63) is 65.2 Å². The molecule has 0 spiro atoms. The summed E-state index contributed by atoms with van der Waals surface area (Å²) < 4.78 is 5.29. The molecule has 0 saturated heterocycles. The van der Waals surface area contributed by atoms with E-state index in [0.717, 1.165) is 22.4 Å². The van der Waals surface area contributed by atoms with Gasteiger partial charge in [0, 0.05) is 18.1 Å². The number of methoxy groups -OCH3 is 1. The molecule has 3 nitrogen and oxygen atoms in total. The maximum Gasteiger partial charge on any atom is 0.119 e. The van der Waals surface area contributed by atoms with Gasteiger partial charge in [-0.1, -0.05) is 36.4 Å². The van der Waals surface area contributed by atoms with Crippen molar-refractivity contribution in [1.82, 2.24) is 0 Å². The molecule has 1 aliphatic carbocycles. The maximum absolute atomic E-state index is 9.52. The summed E-state index contributed by atoms with van der Waals surface area (Å²) in [7, 11) is 1.64. The third-order valence-electron chi connectivity index (χ3n) is 4.07. The fraction of sp³-hybridized carbons (Fsp3) is 0.222. The second-order valence-corrected chi connectivity index (χ2v) is 5.26. The van der Waals surface area contributed by atoms with Crippen LogP contribution in [0.4, 0.5) is 0 Å². The van der Waals surface area contributed by atoms with E-state index in [1.807, 2.05) is 42.5 Å². The Kier molecular flexibility index (Phi) is 3.45. The van der Waals surface area contributed by atoms with Crippen LogP contribution in [0.25, 0.3) is 0 Å². The van der Waals surface area contributed by atoms with Gasteiger partial charge in [0.2, 0.25) is 0 Å². The number of nitrogens with one attached hydrogen (secondary N) is 1. The zero-order valence-corrected chi connectivity index (χ0v) is 11.8. The number of hydrogen-bond donors (Lipinski definition) is 1. The Balaban J connectivity index is 2.17. The zero-order chi connectivity index (χ0) is 14.8. The van der Waals surface area contributed by atoms with Gasteiger partial charge >= 0.3 is 0 Å². The van der Waals surface area contributed by atoms with Gasteiger partial charge in [-0.05, 0) is 28.8 Å². The first kappa shape index (κ1) is 13.4. The first-order valence-corrected chi connectivity index (χ1v) is 6.93.